The van der Waals surface area contributed by atoms with Crippen molar-refractivity contribution in [2.45, 2.75) is 0 Å². The lowest BCUT2D eigenvalue weighted by molar-refractivity contribution is 0.118. The van der Waals surface area contributed by atoms with Gasteiger partial charge in [0.25, 0.3) is 0 Å². The summed E-state index contributed by atoms with van der Waals surface area (Å²) >= 11 is 0. The van der Waals surface area contributed by atoms with E-state index in [1.54, 1.807) is 14.2 Å². The molecule has 0 spiro atoms. The Labute approximate surface area is 211 Å². The van der Waals surface area contributed by atoms with Crippen LogP contribution in [0.5, 0.6) is 11.5 Å². The number of terminal acetylenes is 1. The van der Waals surface area contributed by atoms with Crippen LogP contribution in [0.25, 0.3) is 10.9 Å². The van der Waals surface area contributed by atoms with Gasteiger partial charge >= 0.3 is 0 Å². The Balaban J connectivity index is 1.74. The van der Waals surface area contributed by atoms with Gasteiger partial charge in [0.2, 0.25) is 0 Å². The van der Waals surface area contributed by atoms with Crippen molar-refractivity contribution in [1.29, 1.82) is 0 Å². The lowest BCUT2D eigenvalue weighted by atomic mass is 10.2. The van der Waals surface area contributed by atoms with E-state index in [4.69, 9.17) is 30.1 Å². The second-order valence-electron chi connectivity index (χ2n) is 7.17. The predicted octanol–water partition coefficient (Wildman–Crippen LogP) is 3.43. The van der Waals surface area contributed by atoms with E-state index in [2.05, 4.69) is 44.9 Å². The highest BCUT2D eigenvalue weighted by molar-refractivity contribution is 5.93. The minimum atomic E-state index is 0.249. The van der Waals surface area contributed by atoms with E-state index in [9.17, 15) is 0 Å². The van der Waals surface area contributed by atoms with Crippen molar-refractivity contribution in [1.82, 2.24) is 9.97 Å². The molecule has 0 bridgehead atoms. The van der Waals surface area contributed by atoms with Crippen LogP contribution in [-0.4, -0.2) is 63.8 Å². The fraction of sp³-hybridized carbons (Fsp3) is 0.286. The van der Waals surface area contributed by atoms with Crippen molar-refractivity contribution in [3.05, 3.63) is 48.3 Å². The largest absolute Gasteiger partial charge is 0.487 e. The van der Waals surface area contributed by atoms with Gasteiger partial charge in [-0.3, -0.25) is 0 Å². The van der Waals surface area contributed by atoms with Crippen LogP contribution < -0.4 is 14.8 Å². The Morgan fingerprint density at radius 1 is 0.861 bits per heavy atom. The molecule has 184 valence electrons. The van der Waals surface area contributed by atoms with Gasteiger partial charge in [-0.05, 0) is 36.1 Å². The normalized spacial score (nSPS) is 9.92. The molecule has 8 nitrogen and oxygen atoms in total. The van der Waals surface area contributed by atoms with Crippen LogP contribution in [-0.2, 0) is 14.2 Å². The first-order chi connectivity index (χ1) is 17.7. The van der Waals surface area contributed by atoms with Crippen LogP contribution in [0.2, 0.25) is 0 Å². The second-order valence-corrected chi connectivity index (χ2v) is 7.17. The predicted molar refractivity (Wildman–Crippen MR) is 138 cm³/mol. The molecule has 0 aliphatic rings. The SMILES string of the molecule is C#Cc1cccc(Nc2ncnc3cc(OCCOC)c(OCCOCC#CC#CCOC)cc23)c1. The van der Waals surface area contributed by atoms with Gasteiger partial charge in [0.15, 0.2) is 11.5 Å². The van der Waals surface area contributed by atoms with Crippen molar-refractivity contribution >= 4 is 22.4 Å². The number of hydrogen-bond donors (Lipinski definition) is 1. The molecular formula is C28H27N3O5. The van der Waals surface area contributed by atoms with Gasteiger partial charge in [-0.15, -0.1) is 6.42 Å². The summed E-state index contributed by atoms with van der Waals surface area (Å²) in [7, 11) is 3.20. The lowest BCUT2D eigenvalue weighted by Gasteiger charge is -2.15. The molecule has 0 saturated heterocycles. The van der Waals surface area contributed by atoms with Gasteiger partial charge in [0.05, 0.1) is 18.7 Å². The highest BCUT2D eigenvalue weighted by Gasteiger charge is 2.13. The molecule has 1 N–H and O–H groups in total. The topological polar surface area (TPSA) is 84.0 Å². The van der Waals surface area contributed by atoms with Crippen LogP contribution in [0.4, 0.5) is 11.5 Å². The Morgan fingerprint density at radius 2 is 1.64 bits per heavy atom. The molecule has 1 aromatic heterocycles. The minimum absolute atomic E-state index is 0.249. The third kappa shape index (κ3) is 8.20. The summed E-state index contributed by atoms with van der Waals surface area (Å²) in [5.74, 6) is 15.3. The number of methoxy groups -OCH3 is 2. The van der Waals surface area contributed by atoms with E-state index in [1.807, 2.05) is 36.4 Å². The molecule has 3 aromatic rings. The molecule has 0 radical (unpaired) electrons. The van der Waals surface area contributed by atoms with Crippen LogP contribution >= 0.6 is 0 Å². The minimum Gasteiger partial charge on any atom is -0.487 e. The van der Waals surface area contributed by atoms with E-state index in [0.29, 0.717) is 55.9 Å². The van der Waals surface area contributed by atoms with Crippen LogP contribution in [0.15, 0.2) is 42.7 Å². The first-order valence-electron chi connectivity index (χ1n) is 11.1. The van der Waals surface area contributed by atoms with Crippen molar-refractivity contribution in [2.24, 2.45) is 0 Å². The Morgan fingerprint density at radius 3 is 2.42 bits per heavy atom. The molecule has 0 atom stereocenters. The van der Waals surface area contributed by atoms with Crippen molar-refractivity contribution in [3.8, 4) is 47.5 Å². The zero-order chi connectivity index (χ0) is 25.4. The van der Waals surface area contributed by atoms with E-state index >= 15 is 0 Å². The molecule has 1 heterocycles. The van der Waals surface area contributed by atoms with Gasteiger partial charge in [-0.25, -0.2) is 9.97 Å². The summed E-state index contributed by atoms with van der Waals surface area (Å²) in [6, 6.07) is 11.2. The molecule has 0 amide bonds. The van der Waals surface area contributed by atoms with Crippen LogP contribution in [0, 0.1) is 36.0 Å². The zero-order valence-electron chi connectivity index (χ0n) is 20.3. The van der Waals surface area contributed by atoms with Crippen LogP contribution in [0.1, 0.15) is 5.56 Å². The molecular weight excluding hydrogens is 458 g/mol. The van der Waals surface area contributed by atoms with Gasteiger partial charge in [0, 0.05) is 36.9 Å². The summed E-state index contributed by atoms with van der Waals surface area (Å²) in [4.78, 5) is 8.81. The molecule has 0 aliphatic carbocycles. The van der Waals surface area contributed by atoms with Crippen molar-refractivity contribution in [2.75, 3.05) is 59.2 Å². The zero-order valence-corrected chi connectivity index (χ0v) is 20.3. The maximum absolute atomic E-state index is 5.98. The molecule has 36 heavy (non-hydrogen) atoms. The van der Waals surface area contributed by atoms with Gasteiger partial charge < -0.3 is 29.0 Å². The molecule has 8 heteroatoms. The van der Waals surface area contributed by atoms with Gasteiger partial charge in [0.1, 0.15) is 38.6 Å². The maximum Gasteiger partial charge on any atom is 0.163 e. The van der Waals surface area contributed by atoms with E-state index < -0.39 is 0 Å². The standard InChI is InChI=1S/C28H27N3O5/c1-4-22-10-9-11-23(18-22)31-28-24-19-26(36-17-15-34-13-8-6-5-7-12-32-2)27(35-16-14-33-3)20-25(24)29-21-30-28/h1,9-11,18-21H,12-17H2,2-3H3,(H,29,30,31). The van der Waals surface area contributed by atoms with Crippen molar-refractivity contribution < 1.29 is 23.7 Å². The first kappa shape index (κ1) is 26.3. The number of hydrogen-bond acceptors (Lipinski definition) is 8. The number of rotatable bonds is 12. The number of nitrogens with one attached hydrogen (secondary N) is 1. The number of anilines is 2. The lowest BCUT2D eigenvalue weighted by Crippen LogP contribution is -2.10. The number of nitrogens with zero attached hydrogens (tertiary/aromatic N) is 2. The van der Waals surface area contributed by atoms with E-state index in [0.717, 1.165) is 16.6 Å². The number of fused-ring (bicyclic) bond motifs is 1. The number of ether oxygens (including phenoxy) is 5. The fourth-order valence-corrected chi connectivity index (χ4v) is 3.01. The quantitative estimate of drug-likeness (QED) is 0.309. The molecule has 0 fully saturated rings. The summed E-state index contributed by atoms with van der Waals surface area (Å²) in [5.41, 5.74) is 2.28. The third-order valence-corrected chi connectivity index (χ3v) is 4.65. The summed E-state index contributed by atoms with van der Waals surface area (Å²) in [6.07, 6.45) is 7.02. The average molecular weight is 486 g/mol. The Bertz CT molecular complexity index is 1310. The fourth-order valence-electron chi connectivity index (χ4n) is 3.01. The summed E-state index contributed by atoms with van der Waals surface area (Å²) in [5, 5.41) is 4.07. The first-order valence-corrected chi connectivity index (χ1v) is 11.1. The number of aromatic nitrogens is 2. The molecule has 0 saturated carbocycles. The summed E-state index contributed by atoms with van der Waals surface area (Å²) in [6.45, 7) is 2.04. The summed E-state index contributed by atoms with van der Waals surface area (Å²) < 4.78 is 27.3. The monoisotopic (exact) mass is 485 g/mol. The smallest absolute Gasteiger partial charge is 0.163 e. The molecule has 2 aromatic carbocycles. The Kier molecular flexibility index (Phi) is 10.9. The molecule has 0 unspecified atom stereocenters. The van der Waals surface area contributed by atoms with Gasteiger partial charge in [-0.2, -0.15) is 0 Å². The van der Waals surface area contributed by atoms with Crippen molar-refractivity contribution in [3.63, 3.8) is 0 Å². The Hall–Kier alpha value is -4.26. The third-order valence-electron chi connectivity index (χ3n) is 4.65. The van der Waals surface area contributed by atoms with E-state index in [-0.39, 0.29) is 6.61 Å². The van der Waals surface area contributed by atoms with Gasteiger partial charge in [-0.1, -0.05) is 23.8 Å². The maximum atomic E-state index is 5.98. The van der Waals surface area contributed by atoms with Crippen LogP contribution in [0.3, 0.4) is 0 Å². The molecule has 0 aliphatic heterocycles. The highest BCUT2D eigenvalue weighted by Crippen LogP contribution is 2.35. The number of benzene rings is 2. The second kappa shape index (κ2) is 14.9. The highest BCUT2D eigenvalue weighted by atomic mass is 16.5. The van der Waals surface area contributed by atoms with E-state index in [1.165, 1.54) is 6.33 Å². The molecule has 3 rings (SSSR count). The average Bonchev–Trinajstić information content (AvgIpc) is 2.90.